The molecule has 1 N–H and O–H groups in total. The van der Waals surface area contributed by atoms with Gasteiger partial charge in [-0.1, -0.05) is 32.9 Å². The predicted molar refractivity (Wildman–Crippen MR) is 89.0 cm³/mol. The Morgan fingerprint density at radius 3 is 2.67 bits per heavy atom. The van der Waals surface area contributed by atoms with Crippen LogP contribution in [0.25, 0.3) is 0 Å². The summed E-state index contributed by atoms with van der Waals surface area (Å²) in [6.45, 7) is 8.89. The van der Waals surface area contributed by atoms with E-state index in [9.17, 15) is 0 Å². The summed E-state index contributed by atoms with van der Waals surface area (Å²) in [7, 11) is 0. The molecule has 0 spiro atoms. The monoisotopic (exact) mass is 304 g/mol. The van der Waals surface area contributed by atoms with Crippen LogP contribution < -0.4 is 10.1 Å². The number of nitrogens with one attached hydrogen (secondary N) is 1. The molecule has 1 atom stereocenters. The Balaban J connectivity index is 1.86. The van der Waals surface area contributed by atoms with Crippen LogP contribution in [0.3, 0.4) is 0 Å². The lowest BCUT2D eigenvalue weighted by Gasteiger charge is -2.10. The molecule has 0 saturated heterocycles. The van der Waals surface area contributed by atoms with Crippen molar-refractivity contribution in [1.82, 2.24) is 10.3 Å². The van der Waals surface area contributed by atoms with E-state index in [1.54, 1.807) is 11.3 Å². The van der Waals surface area contributed by atoms with Crippen LogP contribution in [0.2, 0.25) is 0 Å². The van der Waals surface area contributed by atoms with Crippen LogP contribution in [0.1, 0.15) is 49.4 Å². The number of benzene rings is 1. The highest BCUT2D eigenvalue weighted by Gasteiger charge is 2.05. The van der Waals surface area contributed by atoms with Crippen molar-refractivity contribution in [2.24, 2.45) is 0 Å². The molecule has 1 heterocycles. The smallest absolute Gasteiger partial charge is 0.131 e. The maximum Gasteiger partial charge on any atom is 0.131 e. The number of hydrogen-bond donors (Lipinski definition) is 1. The average Bonchev–Trinajstić information content (AvgIpc) is 2.98. The van der Waals surface area contributed by atoms with Crippen molar-refractivity contribution < 1.29 is 4.74 Å². The van der Waals surface area contributed by atoms with Gasteiger partial charge in [-0.05, 0) is 36.6 Å². The Labute approximate surface area is 131 Å². The normalized spacial score (nSPS) is 12.3. The van der Waals surface area contributed by atoms with Gasteiger partial charge >= 0.3 is 0 Å². The van der Waals surface area contributed by atoms with Crippen molar-refractivity contribution >= 4 is 11.3 Å². The highest BCUT2D eigenvalue weighted by atomic mass is 32.1. The Morgan fingerprint density at radius 2 is 2.00 bits per heavy atom. The molecule has 0 aliphatic rings. The molecule has 0 radical (unpaired) electrons. The number of hydrogen-bond acceptors (Lipinski definition) is 4. The zero-order chi connectivity index (χ0) is 15.1. The third-order valence-electron chi connectivity index (χ3n) is 3.57. The molecule has 2 aromatic rings. The highest BCUT2D eigenvalue weighted by molar-refractivity contribution is 7.09. The number of thiazole rings is 1. The van der Waals surface area contributed by atoms with Gasteiger partial charge in [0, 0.05) is 11.9 Å². The molecule has 0 aliphatic heterocycles. The molecular formula is C17H24N2OS. The van der Waals surface area contributed by atoms with Crippen LogP contribution in [0.5, 0.6) is 5.75 Å². The maximum atomic E-state index is 5.80. The van der Waals surface area contributed by atoms with Gasteiger partial charge in [-0.2, -0.15) is 0 Å². The summed E-state index contributed by atoms with van der Waals surface area (Å²) in [6, 6.07) is 8.41. The van der Waals surface area contributed by atoms with Crippen molar-refractivity contribution in [3.8, 4) is 5.75 Å². The summed E-state index contributed by atoms with van der Waals surface area (Å²) in [5, 5.41) is 6.46. The summed E-state index contributed by atoms with van der Waals surface area (Å²) in [5.41, 5.74) is 2.37. The van der Waals surface area contributed by atoms with Gasteiger partial charge in [0.1, 0.15) is 17.4 Å². The van der Waals surface area contributed by atoms with Crippen LogP contribution in [-0.4, -0.2) is 11.5 Å². The molecular weight excluding hydrogens is 280 g/mol. The van der Waals surface area contributed by atoms with Gasteiger partial charge in [-0.15, -0.1) is 11.3 Å². The van der Waals surface area contributed by atoms with E-state index in [4.69, 9.17) is 4.74 Å². The molecule has 0 aliphatic carbocycles. The van der Waals surface area contributed by atoms with Gasteiger partial charge in [-0.25, -0.2) is 4.98 Å². The van der Waals surface area contributed by atoms with E-state index in [1.807, 2.05) is 12.1 Å². The topological polar surface area (TPSA) is 34.2 Å². The Kier molecular flexibility index (Phi) is 6.21. The van der Waals surface area contributed by atoms with Crippen LogP contribution in [0.15, 0.2) is 29.6 Å². The zero-order valence-electron chi connectivity index (χ0n) is 13.1. The lowest BCUT2D eigenvalue weighted by molar-refractivity contribution is 0.301. The summed E-state index contributed by atoms with van der Waals surface area (Å²) >= 11 is 1.68. The first-order valence-corrected chi connectivity index (χ1v) is 8.47. The fourth-order valence-electron chi connectivity index (χ4n) is 2.01. The number of rotatable bonds is 8. The fourth-order valence-corrected chi connectivity index (χ4v) is 2.76. The average molecular weight is 304 g/mol. The lowest BCUT2D eigenvalue weighted by Crippen LogP contribution is -2.11. The van der Waals surface area contributed by atoms with Crippen molar-refractivity contribution in [1.29, 1.82) is 0 Å². The van der Waals surface area contributed by atoms with E-state index in [2.05, 4.69) is 48.6 Å². The fraction of sp³-hybridized carbons (Fsp3) is 0.471. The first-order chi connectivity index (χ1) is 10.2. The van der Waals surface area contributed by atoms with Gasteiger partial charge in [0.05, 0.1) is 5.69 Å². The van der Waals surface area contributed by atoms with Gasteiger partial charge in [0.2, 0.25) is 0 Å². The second-order valence-electron chi connectivity index (χ2n) is 5.18. The van der Waals surface area contributed by atoms with Crippen LogP contribution in [0, 0.1) is 0 Å². The lowest BCUT2D eigenvalue weighted by atomic mass is 9.99. The van der Waals surface area contributed by atoms with E-state index in [0.717, 1.165) is 36.0 Å². The molecule has 0 fully saturated rings. The molecule has 21 heavy (non-hydrogen) atoms. The van der Waals surface area contributed by atoms with E-state index >= 15 is 0 Å². The second kappa shape index (κ2) is 8.15. The summed E-state index contributed by atoms with van der Waals surface area (Å²) in [6.07, 6.45) is 1.16. The van der Waals surface area contributed by atoms with Crippen molar-refractivity contribution in [2.75, 3.05) is 6.54 Å². The molecule has 2 rings (SSSR count). The number of nitrogens with zero attached hydrogens (tertiary/aromatic N) is 1. The maximum absolute atomic E-state index is 5.80. The SMILES string of the molecule is CCNCc1nc(COc2ccc(C(C)CC)cc2)cs1. The van der Waals surface area contributed by atoms with Crippen molar-refractivity contribution in [3.05, 3.63) is 45.9 Å². The summed E-state index contributed by atoms with van der Waals surface area (Å²) in [5.74, 6) is 1.51. The van der Waals surface area contributed by atoms with E-state index in [1.165, 1.54) is 5.56 Å². The molecule has 1 unspecified atom stereocenters. The number of aromatic nitrogens is 1. The van der Waals surface area contributed by atoms with E-state index in [-0.39, 0.29) is 0 Å². The highest BCUT2D eigenvalue weighted by Crippen LogP contribution is 2.22. The van der Waals surface area contributed by atoms with Gasteiger partial charge in [-0.3, -0.25) is 0 Å². The van der Waals surface area contributed by atoms with Gasteiger partial charge < -0.3 is 10.1 Å². The van der Waals surface area contributed by atoms with Crippen molar-refractivity contribution in [3.63, 3.8) is 0 Å². The molecule has 0 saturated carbocycles. The third-order valence-corrected chi connectivity index (χ3v) is 4.47. The van der Waals surface area contributed by atoms with E-state index in [0.29, 0.717) is 12.5 Å². The minimum absolute atomic E-state index is 0.533. The quantitative estimate of drug-likeness (QED) is 0.787. The molecule has 4 heteroatoms. The standard InChI is InChI=1S/C17H24N2OS/c1-4-13(3)14-6-8-16(9-7-14)20-11-15-12-21-17(19-15)10-18-5-2/h6-9,12-13,18H,4-5,10-11H2,1-3H3. The summed E-state index contributed by atoms with van der Waals surface area (Å²) < 4.78 is 5.80. The van der Waals surface area contributed by atoms with Crippen LogP contribution in [0.4, 0.5) is 0 Å². The molecule has 114 valence electrons. The van der Waals surface area contributed by atoms with E-state index < -0.39 is 0 Å². The third kappa shape index (κ3) is 4.83. The molecule has 1 aromatic heterocycles. The summed E-state index contributed by atoms with van der Waals surface area (Å²) in [4.78, 5) is 4.55. The van der Waals surface area contributed by atoms with Crippen LogP contribution in [-0.2, 0) is 13.2 Å². The Morgan fingerprint density at radius 1 is 1.24 bits per heavy atom. The number of ether oxygens (including phenoxy) is 1. The van der Waals surface area contributed by atoms with Crippen molar-refractivity contribution in [2.45, 2.75) is 46.3 Å². The van der Waals surface area contributed by atoms with Crippen LogP contribution >= 0.6 is 11.3 Å². The zero-order valence-corrected chi connectivity index (χ0v) is 13.9. The minimum atomic E-state index is 0.533. The van der Waals surface area contributed by atoms with Gasteiger partial charge in [0.25, 0.3) is 0 Å². The molecule has 3 nitrogen and oxygen atoms in total. The Bertz CT molecular complexity index is 536. The predicted octanol–water partition coefficient (Wildman–Crippen LogP) is 4.35. The molecule has 1 aromatic carbocycles. The second-order valence-corrected chi connectivity index (χ2v) is 6.12. The minimum Gasteiger partial charge on any atom is -0.487 e. The van der Waals surface area contributed by atoms with Gasteiger partial charge in [0.15, 0.2) is 0 Å². The Hall–Kier alpha value is -1.39. The molecule has 0 amide bonds. The largest absolute Gasteiger partial charge is 0.487 e. The first-order valence-electron chi connectivity index (χ1n) is 7.59. The first kappa shape index (κ1) is 16.0. The molecule has 0 bridgehead atoms.